The highest BCUT2D eigenvalue weighted by molar-refractivity contribution is 5.96. The summed E-state index contributed by atoms with van der Waals surface area (Å²) < 4.78 is 0. The molecule has 0 saturated carbocycles. The first kappa shape index (κ1) is 14.8. The molecule has 4 heteroatoms. The van der Waals surface area contributed by atoms with Crippen LogP contribution in [-0.4, -0.2) is 23.0 Å². The van der Waals surface area contributed by atoms with Crippen LogP contribution in [0.2, 0.25) is 0 Å². The highest BCUT2D eigenvalue weighted by atomic mass is 16.4. The molecule has 0 fully saturated rings. The largest absolute Gasteiger partial charge is 0.480 e. The van der Waals surface area contributed by atoms with Gasteiger partial charge in [-0.3, -0.25) is 4.79 Å². The Morgan fingerprint density at radius 2 is 1.81 bits per heavy atom. The van der Waals surface area contributed by atoms with Gasteiger partial charge in [-0.2, -0.15) is 0 Å². The third-order valence-electron chi connectivity index (χ3n) is 3.16. The number of amides is 1. The predicted molar refractivity (Wildman–Crippen MR) is 80.2 cm³/mol. The molecular weight excluding hydrogens is 266 g/mol. The lowest BCUT2D eigenvalue weighted by molar-refractivity contribution is -0.139. The van der Waals surface area contributed by atoms with Gasteiger partial charge in [-0.15, -0.1) is 0 Å². The van der Waals surface area contributed by atoms with Gasteiger partial charge in [0.05, 0.1) is 0 Å². The average molecular weight is 283 g/mol. The molecule has 1 amide bonds. The summed E-state index contributed by atoms with van der Waals surface area (Å²) in [5.41, 5.74) is 2.40. The van der Waals surface area contributed by atoms with Gasteiger partial charge in [0, 0.05) is 12.0 Å². The number of carboxylic acid groups (broad SMARTS) is 1. The Balaban J connectivity index is 2.09. The van der Waals surface area contributed by atoms with Gasteiger partial charge in [0.2, 0.25) is 0 Å². The van der Waals surface area contributed by atoms with Crippen LogP contribution in [0.3, 0.4) is 0 Å². The molecule has 0 spiro atoms. The van der Waals surface area contributed by atoms with Crippen molar-refractivity contribution in [2.75, 3.05) is 0 Å². The van der Waals surface area contributed by atoms with Gasteiger partial charge in [-0.05, 0) is 24.6 Å². The van der Waals surface area contributed by atoms with E-state index in [9.17, 15) is 14.7 Å². The second-order valence-corrected chi connectivity index (χ2v) is 4.92. The molecule has 0 radical (unpaired) electrons. The Hall–Kier alpha value is -2.62. The Morgan fingerprint density at radius 3 is 2.43 bits per heavy atom. The number of carbonyl (C=O) groups is 2. The molecule has 0 bridgehead atoms. The van der Waals surface area contributed by atoms with Crippen LogP contribution in [-0.2, 0) is 11.2 Å². The van der Waals surface area contributed by atoms with Gasteiger partial charge >= 0.3 is 5.97 Å². The van der Waals surface area contributed by atoms with E-state index >= 15 is 0 Å². The van der Waals surface area contributed by atoms with E-state index in [0.717, 1.165) is 11.1 Å². The molecule has 1 atom stereocenters. The first-order valence-electron chi connectivity index (χ1n) is 6.70. The highest BCUT2D eigenvalue weighted by Gasteiger charge is 2.21. The fraction of sp³-hybridized carbons (Fsp3) is 0.176. The molecule has 0 heterocycles. The van der Waals surface area contributed by atoms with E-state index in [1.165, 1.54) is 0 Å². The molecule has 21 heavy (non-hydrogen) atoms. The normalized spacial score (nSPS) is 11.7. The maximum atomic E-state index is 12.0. The molecule has 0 saturated heterocycles. The van der Waals surface area contributed by atoms with Crippen molar-refractivity contribution in [2.24, 2.45) is 0 Å². The second kappa shape index (κ2) is 6.70. The fourth-order valence-corrected chi connectivity index (χ4v) is 2.11. The number of rotatable bonds is 5. The summed E-state index contributed by atoms with van der Waals surface area (Å²) in [4.78, 5) is 23.4. The van der Waals surface area contributed by atoms with Crippen LogP contribution in [0.1, 0.15) is 21.5 Å². The van der Waals surface area contributed by atoms with Crippen molar-refractivity contribution in [3.05, 3.63) is 71.3 Å². The first-order chi connectivity index (χ1) is 10.1. The molecule has 4 nitrogen and oxygen atoms in total. The van der Waals surface area contributed by atoms with E-state index in [2.05, 4.69) is 5.32 Å². The van der Waals surface area contributed by atoms with Crippen molar-refractivity contribution < 1.29 is 14.7 Å². The Kier molecular flexibility index (Phi) is 4.72. The minimum atomic E-state index is -1.04. The summed E-state index contributed by atoms with van der Waals surface area (Å²) in [6.45, 7) is 1.95. The van der Waals surface area contributed by atoms with Crippen LogP contribution in [0.4, 0.5) is 0 Å². The van der Waals surface area contributed by atoms with E-state index < -0.39 is 12.0 Å². The van der Waals surface area contributed by atoms with Crippen LogP contribution in [0.5, 0.6) is 0 Å². The predicted octanol–water partition coefficient (Wildman–Crippen LogP) is 2.42. The summed E-state index contributed by atoms with van der Waals surface area (Å²) in [6.07, 6.45) is 0.260. The molecular formula is C17H17NO3. The number of aliphatic carboxylic acids is 1. The number of benzene rings is 2. The third-order valence-corrected chi connectivity index (χ3v) is 3.16. The lowest BCUT2D eigenvalue weighted by atomic mass is 10.0. The molecule has 2 aromatic rings. The third kappa shape index (κ3) is 4.18. The fourth-order valence-electron chi connectivity index (χ4n) is 2.11. The standard InChI is InChI=1S/C17H17NO3/c1-12-6-5-7-13(10-12)11-15(17(20)21)18-16(19)14-8-3-2-4-9-14/h2-10,15H,11H2,1H3,(H,18,19)(H,20,21). The Morgan fingerprint density at radius 1 is 1.10 bits per heavy atom. The molecule has 1 unspecified atom stereocenters. The quantitative estimate of drug-likeness (QED) is 0.885. The van der Waals surface area contributed by atoms with Crippen molar-refractivity contribution >= 4 is 11.9 Å². The molecule has 0 aliphatic heterocycles. The molecule has 0 aliphatic rings. The van der Waals surface area contributed by atoms with Crippen molar-refractivity contribution in [1.29, 1.82) is 0 Å². The number of carbonyl (C=O) groups excluding carboxylic acids is 1. The zero-order valence-electron chi connectivity index (χ0n) is 11.7. The lowest BCUT2D eigenvalue weighted by Crippen LogP contribution is -2.42. The molecule has 0 aromatic heterocycles. The van der Waals surface area contributed by atoms with Gasteiger partial charge in [0.1, 0.15) is 6.04 Å². The van der Waals surface area contributed by atoms with Crippen molar-refractivity contribution in [3.8, 4) is 0 Å². The summed E-state index contributed by atoms with van der Waals surface area (Å²) >= 11 is 0. The van der Waals surface area contributed by atoms with Crippen LogP contribution >= 0.6 is 0 Å². The average Bonchev–Trinajstić information content (AvgIpc) is 2.47. The smallest absolute Gasteiger partial charge is 0.326 e. The summed E-state index contributed by atoms with van der Waals surface area (Å²) in [5.74, 6) is -1.42. The Labute approximate surface area is 123 Å². The minimum Gasteiger partial charge on any atom is -0.480 e. The number of carboxylic acids is 1. The summed E-state index contributed by atoms with van der Waals surface area (Å²) in [5, 5.41) is 11.8. The SMILES string of the molecule is Cc1cccc(CC(NC(=O)c2ccccc2)C(=O)O)c1. The van der Waals surface area contributed by atoms with Gasteiger partial charge in [0.25, 0.3) is 5.91 Å². The van der Waals surface area contributed by atoms with Crippen molar-refractivity contribution in [2.45, 2.75) is 19.4 Å². The van der Waals surface area contributed by atoms with Crippen LogP contribution in [0.25, 0.3) is 0 Å². The van der Waals surface area contributed by atoms with Gasteiger partial charge in [-0.25, -0.2) is 4.79 Å². The number of hydrogen-bond acceptors (Lipinski definition) is 2. The van der Waals surface area contributed by atoms with E-state index in [-0.39, 0.29) is 12.3 Å². The van der Waals surface area contributed by atoms with E-state index in [1.54, 1.807) is 30.3 Å². The van der Waals surface area contributed by atoms with Gasteiger partial charge in [0.15, 0.2) is 0 Å². The minimum absolute atomic E-state index is 0.260. The molecule has 2 rings (SSSR count). The van der Waals surface area contributed by atoms with Crippen molar-refractivity contribution in [3.63, 3.8) is 0 Å². The van der Waals surface area contributed by atoms with E-state index in [4.69, 9.17) is 0 Å². The lowest BCUT2D eigenvalue weighted by Gasteiger charge is -2.15. The van der Waals surface area contributed by atoms with Crippen LogP contribution in [0.15, 0.2) is 54.6 Å². The van der Waals surface area contributed by atoms with Gasteiger partial charge in [-0.1, -0.05) is 48.0 Å². The van der Waals surface area contributed by atoms with Crippen LogP contribution in [0, 0.1) is 6.92 Å². The summed E-state index contributed by atoms with van der Waals surface area (Å²) in [6, 6.07) is 15.3. The topological polar surface area (TPSA) is 66.4 Å². The molecule has 2 aromatic carbocycles. The highest BCUT2D eigenvalue weighted by Crippen LogP contribution is 2.08. The summed E-state index contributed by atoms with van der Waals surface area (Å²) in [7, 11) is 0. The maximum Gasteiger partial charge on any atom is 0.326 e. The maximum absolute atomic E-state index is 12.0. The van der Waals surface area contributed by atoms with E-state index in [1.807, 2.05) is 31.2 Å². The van der Waals surface area contributed by atoms with E-state index in [0.29, 0.717) is 5.56 Å². The number of nitrogens with one attached hydrogen (secondary N) is 1. The molecule has 2 N–H and O–H groups in total. The zero-order chi connectivity index (χ0) is 15.2. The van der Waals surface area contributed by atoms with Crippen LogP contribution < -0.4 is 5.32 Å². The molecule has 108 valence electrons. The first-order valence-corrected chi connectivity index (χ1v) is 6.70. The monoisotopic (exact) mass is 283 g/mol. The zero-order valence-corrected chi connectivity index (χ0v) is 11.7. The molecule has 0 aliphatic carbocycles. The van der Waals surface area contributed by atoms with Gasteiger partial charge < -0.3 is 10.4 Å². The van der Waals surface area contributed by atoms with Crippen molar-refractivity contribution in [1.82, 2.24) is 5.32 Å². The second-order valence-electron chi connectivity index (χ2n) is 4.92. The number of aryl methyl sites for hydroxylation is 1. The Bertz CT molecular complexity index is 637. The number of hydrogen-bond donors (Lipinski definition) is 2.